The van der Waals surface area contributed by atoms with E-state index in [-0.39, 0.29) is 0 Å². The Kier molecular flexibility index (Phi) is 7.29. The molecule has 0 atom stereocenters. The SMILES string of the molecule is COc1cc(NC(=O)Nc2nc(-c3ccc(Cc4ccccc4)cc3)cs2)cc(OC)c1OC. The third-order valence-corrected chi connectivity index (χ3v) is 5.91. The summed E-state index contributed by atoms with van der Waals surface area (Å²) in [5.41, 5.74) is 4.80. The topological polar surface area (TPSA) is 81.7 Å². The minimum Gasteiger partial charge on any atom is -0.493 e. The van der Waals surface area contributed by atoms with Crippen molar-refractivity contribution in [1.82, 2.24) is 4.98 Å². The van der Waals surface area contributed by atoms with Crippen LogP contribution in [0.5, 0.6) is 17.2 Å². The fourth-order valence-electron chi connectivity index (χ4n) is 3.50. The van der Waals surface area contributed by atoms with Gasteiger partial charge in [0.1, 0.15) is 0 Å². The summed E-state index contributed by atoms with van der Waals surface area (Å²) in [7, 11) is 4.57. The van der Waals surface area contributed by atoms with E-state index in [2.05, 4.69) is 39.9 Å². The zero-order valence-electron chi connectivity index (χ0n) is 19.1. The quantitative estimate of drug-likeness (QED) is 0.323. The van der Waals surface area contributed by atoms with Crippen molar-refractivity contribution in [1.29, 1.82) is 0 Å². The van der Waals surface area contributed by atoms with Gasteiger partial charge < -0.3 is 19.5 Å². The zero-order chi connectivity index (χ0) is 23.9. The molecule has 4 aromatic rings. The van der Waals surface area contributed by atoms with Gasteiger partial charge in [-0.3, -0.25) is 5.32 Å². The standard InChI is InChI=1S/C26H25N3O4S/c1-31-22-14-20(15-23(32-2)24(22)33-3)27-25(30)29-26-28-21(16-34-26)19-11-9-18(10-12-19)13-17-7-5-4-6-8-17/h4-12,14-16H,13H2,1-3H3,(H2,27,28,29,30). The van der Waals surface area contributed by atoms with E-state index in [4.69, 9.17) is 14.2 Å². The van der Waals surface area contributed by atoms with Gasteiger partial charge in [-0.15, -0.1) is 11.3 Å². The lowest BCUT2D eigenvalue weighted by atomic mass is 10.0. The van der Waals surface area contributed by atoms with Crippen LogP contribution in [0.3, 0.4) is 0 Å². The molecule has 0 bridgehead atoms. The van der Waals surface area contributed by atoms with Crippen molar-refractivity contribution in [2.75, 3.05) is 32.0 Å². The van der Waals surface area contributed by atoms with E-state index in [1.54, 1.807) is 12.1 Å². The second-order valence-electron chi connectivity index (χ2n) is 7.39. The second-order valence-corrected chi connectivity index (χ2v) is 8.25. The molecule has 0 spiro atoms. The summed E-state index contributed by atoms with van der Waals surface area (Å²) in [6, 6.07) is 21.6. The summed E-state index contributed by atoms with van der Waals surface area (Å²) in [5, 5.41) is 7.96. The van der Waals surface area contributed by atoms with Crippen molar-refractivity contribution >= 4 is 28.2 Å². The number of ether oxygens (including phenoxy) is 3. The molecule has 34 heavy (non-hydrogen) atoms. The normalized spacial score (nSPS) is 10.4. The number of nitrogens with one attached hydrogen (secondary N) is 2. The number of benzene rings is 3. The van der Waals surface area contributed by atoms with Gasteiger partial charge in [0.25, 0.3) is 0 Å². The van der Waals surface area contributed by atoms with Gasteiger partial charge in [-0.1, -0.05) is 54.6 Å². The van der Waals surface area contributed by atoms with E-state index in [1.165, 1.54) is 43.8 Å². The smallest absolute Gasteiger partial charge is 0.325 e. The van der Waals surface area contributed by atoms with Gasteiger partial charge in [-0.2, -0.15) is 0 Å². The molecule has 0 saturated carbocycles. The third-order valence-electron chi connectivity index (χ3n) is 5.15. The number of methoxy groups -OCH3 is 3. The van der Waals surface area contributed by atoms with Gasteiger partial charge >= 0.3 is 6.03 Å². The van der Waals surface area contributed by atoms with Gasteiger partial charge in [0.05, 0.1) is 32.7 Å². The molecule has 1 aromatic heterocycles. The zero-order valence-corrected chi connectivity index (χ0v) is 19.9. The number of urea groups is 1. The minimum atomic E-state index is -0.423. The lowest BCUT2D eigenvalue weighted by Crippen LogP contribution is -2.19. The van der Waals surface area contributed by atoms with Crippen molar-refractivity contribution in [2.45, 2.75) is 6.42 Å². The van der Waals surface area contributed by atoms with Gasteiger partial charge in [-0.25, -0.2) is 9.78 Å². The molecule has 2 amide bonds. The molecule has 1 heterocycles. The molecule has 0 aliphatic carbocycles. The fourth-order valence-corrected chi connectivity index (χ4v) is 4.22. The first-order valence-electron chi connectivity index (χ1n) is 10.6. The molecule has 0 fully saturated rings. The molecule has 4 rings (SSSR count). The number of hydrogen-bond donors (Lipinski definition) is 2. The van der Waals surface area contributed by atoms with Crippen LogP contribution in [-0.2, 0) is 6.42 Å². The van der Waals surface area contributed by atoms with E-state index >= 15 is 0 Å². The Morgan fingerprint density at radius 3 is 2.12 bits per heavy atom. The molecular formula is C26H25N3O4S. The summed E-state index contributed by atoms with van der Waals surface area (Å²) in [6.07, 6.45) is 0.881. The van der Waals surface area contributed by atoms with Crippen molar-refractivity contribution < 1.29 is 19.0 Å². The maximum Gasteiger partial charge on any atom is 0.325 e. The van der Waals surface area contributed by atoms with Crippen molar-refractivity contribution in [3.05, 3.63) is 83.2 Å². The fraction of sp³-hybridized carbons (Fsp3) is 0.154. The van der Waals surface area contributed by atoms with Crippen LogP contribution in [0.2, 0.25) is 0 Å². The summed E-state index contributed by atoms with van der Waals surface area (Å²) in [4.78, 5) is 17.1. The Bertz CT molecular complexity index is 1230. The highest BCUT2D eigenvalue weighted by Crippen LogP contribution is 2.40. The summed E-state index contributed by atoms with van der Waals surface area (Å²) in [5.74, 6) is 1.35. The second kappa shape index (κ2) is 10.7. The molecule has 8 heteroatoms. The van der Waals surface area contributed by atoms with Crippen LogP contribution >= 0.6 is 11.3 Å². The van der Waals surface area contributed by atoms with E-state index in [0.717, 1.165) is 17.7 Å². The van der Waals surface area contributed by atoms with Crippen molar-refractivity contribution in [2.24, 2.45) is 0 Å². The molecule has 0 radical (unpaired) electrons. The van der Waals surface area contributed by atoms with E-state index < -0.39 is 6.03 Å². The van der Waals surface area contributed by atoms with Gasteiger partial charge in [0.15, 0.2) is 16.6 Å². The number of aromatic nitrogens is 1. The Morgan fingerprint density at radius 2 is 1.50 bits per heavy atom. The minimum absolute atomic E-state index is 0.423. The number of rotatable bonds is 8. The van der Waals surface area contributed by atoms with Crippen LogP contribution in [0.15, 0.2) is 72.1 Å². The van der Waals surface area contributed by atoms with E-state index in [9.17, 15) is 4.79 Å². The van der Waals surface area contributed by atoms with Crippen LogP contribution in [0, 0.1) is 0 Å². The maximum absolute atomic E-state index is 12.5. The molecule has 7 nitrogen and oxygen atoms in total. The molecule has 3 aromatic carbocycles. The number of carbonyl (C=O) groups excluding carboxylic acids is 1. The highest BCUT2D eigenvalue weighted by atomic mass is 32.1. The number of anilines is 2. The number of carbonyl (C=O) groups is 1. The number of nitrogens with zero attached hydrogens (tertiary/aromatic N) is 1. The number of thiazole rings is 1. The summed E-state index contributed by atoms with van der Waals surface area (Å²) in [6.45, 7) is 0. The first-order valence-corrected chi connectivity index (χ1v) is 11.4. The molecule has 0 unspecified atom stereocenters. The Balaban J connectivity index is 1.40. The van der Waals surface area contributed by atoms with Crippen molar-refractivity contribution in [3.63, 3.8) is 0 Å². The van der Waals surface area contributed by atoms with Gasteiger partial charge in [-0.05, 0) is 17.5 Å². The van der Waals surface area contributed by atoms with Gasteiger partial charge in [0, 0.05) is 23.1 Å². The lowest BCUT2D eigenvalue weighted by Gasteiger charge is -2.14. The lowest BCUT2D eigenvalue weighted by molar-refractivity contribution is 0.262. The van der Waals surface area contributed by atoms with Crippen LogP contribution in [0.4, 0.5) is 15.6 Å². The average Bonchev–Trinajstić information content (AvgIpc) is 3.32. The Labute approximate surface area is 202 Å². The molecular weight excluding hydrogens is 450 g/mol. The van der Waals surface area contributed by atoms with E-state index in [1.807, 2.05) is 35.7 Å². The number of amides is 2. The van der Waals surface area contributed by atoms with Crippen LogP contribution < -0.4 is 24.8 Å². The van der Waals surface area contributed by atoms with Crippen LogP contribution in [0.25, 0.3) is 11.3 Å². The van der Waals surface area contributed by atoms with Crippen molar-refractivity contribution in [3.8, 4) is 28.5 Å². The highest BCUT2D eigenvalue weighted by molar-refractivity contribution is 7.14. The first-order chi connectivity index (χ1) is 16.6. The average molecular weight is 476 g/mol. The largest absolute Gasteiger partial charge is 0.493 e. The highest BCUT2D eigenvalue weighted by Gasteiger charge is 2.15. The van der Waals surface area contributed by atoms with Gasteiger partial charge in [0.2, 0.25) is 5.75 Å². The Hall–Kier alpha value is -4.04. The Morgan fingerprint density at radius 1 is 0.853 bits per heavy atom. The first kappa shape index (κ1) is 23.1. The summed E-state index contributed by atoms with van der Waals surface area (Å²) >= 11 is 1.36. The number of hydrogen-bond acceptors (Lipinski definition) is 6. The van der Waals surface area contributed by atoms with Crippen LogP contribution in [0.1, 0.15) is 11.1 Å². The summed E-state index contributed by atoms with van der Waals surface area (Å²) < 4.78 is 16.0. The van der Waals surface area contributed by atoms with E-state index in [0.29, 0.717) is 28.1 Å². The molecule has 0 aliphatic heterocycles. The molecule has 0 saturated heterocycles. The molecule has 174 valence electrons. The molecule has 0 aliphatic rings. The van der Waals surface area contributed by atoms with Crippen LogP contribution in [-0.4, -0.2) is 32.3 Å². The predicted octanol–water partition coefficient (Wildman–Crippen LogP) is 6.07. The monoisotopic (exact) mass is 475 g/mol. The predicted molar refractivity (Wildman–Crippen MR) is 136 cm³/mol. The molecule has 2 N–H and O–H groups in total. The maximum atomic E-state index is 12.5. The third kappa shape index (κ3) is 5.47.